The van der Waals surface area contributed by atoms with Gasteiger partial charge in [0.1, 0.15) is 17.1 Å². The third kappa shape index (κ3) is 3.66. The van der Waals surface area contributed by atoms with Crippen LogP contribution in [-0.4, -0.2) is 34.9 Å². The fourth-order valence-corrected chi connectivity index (χ4v) is 3.30. The summed E-state index contributed by atoms with van der Waals surface area (Å²) in [4.78, 5) is 26.7. The molecule has 0 aliphatic carbocycles. The van der Waals surface area contributed by atoms with Crippen LogP contribution in [0.3, 0.4) is 0 Å². The van der Waals surface area contributed by atoms with Gasteiger partial charge in [-0.2, -0.15) is 4.99 Å². The zero-order valence-electron chi connectivity index (χ0n) is 16.0. The number of nitrogens with zero attached hydrogens (tertiary/aromatic N) is 4. The summed E-state index contributed by atoms with van der Waals surface area (Å²) in [6.07, 6.45) is 5.95. The average Bonchev–Trinajstić information content (AvgIpc) is 2.95. The molecule has 30 heavy (non-hydrogen) atoms. The van der Waals surface area contributed by atoms with E-state index in [1.807, 2.05) is 11.0 Å². The molecule has 0 bridgehead atoms. The highest BCUT2D eigenvalue weighted by Gasteiger charge is 2.25. The maximum absolute atomic E-state index is 14.2. The lowest BCUT2D eigenvalue weighted by molar-refractivity contribution is 0.0998. The van der Waals surface area contributed by atoms with Crippen LogP contribution in [0.25, 0.3) is 22.4 Å². The van der Waals surface area contributed by atoms with E-state index in [0.29, 0.717) is 29.9 Å². The number of nitrogen functional groups attached to an aromatic ring is 1. The van der Waals surface area contributed by atoms with Crippen LogP contribution in [-0.2, 0) is 0 Å². The Balaban J connectivity index is 1.91. The van der Waals surface area contributed by atoms with Crippen molar-refractivity contribution in [3.05, 3.63) is 47.9 Å². The van der Waals surface area contributed by atoms with Crippen LogP contribution in [0, 0.1) is 5.82 Å². The summed E-state index contributed by atoms with van der Waals surface area (Å²) in [5.41, 5.74) is 17.0. The van der Waals surface area contributed by atoms with Crippen molar-refractivity contribution in [1.82, 2.24) is 9.97 Å². The number of aliphatic imine (C=N–C) groups is 1. The minimum atomic E-state index is -0.828. The molecule has 10 heteroatoms. The lowest BCUT2D eigenvalue weighted by Crippen LogP contribution is -2.27. The number of amides is 1. The number of furan rings is 1. The monoisotopic (exact) mass is 409 g/mol. The Bertz CT molecular complexity index is 1180. The number of hydrogen-bond donors (Lipinski definition) is 3. The first kappa shape index (κ1) is 19.4. The van der Waals surface area contributed by atoms with Gasteiger partial charge in [0.05, 0.1) is 5.39 Å². The van der Waals surface area contributed by atoms with Crippen molar-refractivity contribution in [2.24, 2.45) is 16.5 Å². The van der Waals surface area contributed by atoms with Gasteiger partial charge in [0, 0.05) is 13.1 Å². The highest BCUT2D eigenvalue weighted by Crippen LogP contribution is 2.35. The predicted molar refractivity (Wildman–Crippen MR) is 112 cm³/mol. The Morgan fingerprint density at radius 3 is 2.83 bits per heavy atom. The van der Waals surface area contributed by atoms with Gasteiger partial charge in [0.15, 0.2) is 29.0 Å². The second-order valence-corrected chi connectivity index (χ2v) is 6.79. The lowest BCUT2D eigenvalue weighted by atomic mass is 10.2. The molecular weight excluding hydrogens is 389 g/mol. The summed E-state index contributed by atoms with van der Waals surface area (Å²) in [7, 11) is 0. The molecular formula is C20H20FN7O2. The fraction of sp³-hybridized carbons (Fsp3) is 0.200. The topological polar surface area (TPSA) is 150 Å². The number of fused-ring (bicyclic) bond motifs is 1. The molecule has 1 aromatic carbocycles. The molecule has 1 amide bonds. The first-order valence-corrected chi connectivity index (χ1v) is 9.34. The number of anilines is 2. The summed E-state index contributed by atoms with van der Waals surface area (Å²) >= 11 is 0. The maximum Gasteiger partial charge on any atom is 0.302 e. The van der Waals surface area contributed by atoms with E-state index < -0.39 is 17.7 Å². The van der Waals surface area contributed by atoms with Gasteiger partial charge in [-0.25, -0.2) is 14.4 Å². The number of aromatic nitrogens is 2. The zero-order chi connectivity index (χ0) is 21.3. The number of rotatable bonds is 3. The van der Waals surface area contributed by atoms with Crippen LogP contribution in [0.1, 0.15) is 23.3 Å². The quantitative estimate of drug-likeness (QED) is 0.338. The Morgan fingerprint density at radius 2 is 2.07 bits per heavy atom. The van der Waals surface area contributed by atoms with Crippen LogP contribution in [0.4, 0.5) is 16.0 Å². The van der Waals surface area contributed by atoms with Gasteiger partial charge in [-0.3, -0.25) is 4.79 Å². The third-order valence-corrected chi connectivity index (χ3v) is 4.67. The van der Waals surface area contributed by atoms with Crippen LogP contribution < -0.4 is 22.1 Å². The van der Waals surface area contributed by atoms with Crippen LogP contribution in [0.5, 0.6) is 0 Å². The number of nitrogens with two attached hydrogens (primary N) is 3. The van der Waals surface area contributed by atoms with Gasteiger partial charge in [-0.15, -0.1) is 0 Å². The predicted octanol–water partition coefficient (Wildman–Crippen LogP) is 2.18. The van der Waals surface area contributed by atoms with Crippen molar-refractivity contribution in [3.63, 3.8) is 0 Å². The molecule has 0 saturated heterocycles. The molecule has 3 heterocycles. The van der Waals surface area contributed by atoms with Crippen molar-refractivity contribution in [1.29, 1.82) is 0 Å². The first-order valence-electron chi connectivity index (χ1n) is 9.34. The highest BCUT2D eigenvalue weighted by molar-refractivity contribution is 6.04. The maximum atomic E-state index is 14.2. The minimum absolute atomic E-state index is 0.112. The number of allylic oxidation sites excluding steroid dienone is 1. The van der Waals surface area contributed by atoms with E-state index in [1.54, 1.807) is 12.1 Å². The van der Waals surface area contributed by atoms with Crippen LogP contribution in [0.15, 0.2) is 45.8 Å². The number of halogens is 1. The third-order valence-electron chi connectivity index (χ3n) is 4.67. The summed E-state index contributed by atoms with van der Waals surface area (Å²) in [6, 6.07) is 6.06. The lowest BCUT2D eigenvalue weighted by Gasteiger charge is -2.23. The van der Waals surface area contributed by atoms with Gasteiger partial charge in [0.2, 0.25) is 0 Å². The normalized spacial score (nSPS) is 14.0. The Kier molecular flexibility index (Phi) is 5.05. The van der Waals surface area contributed by atoms with Gasteiger partial charge in [-0.1, -0.05) is 18.2 Å². The largest absolute Gasteiger partial charge is 0.454 e. The Labute approximate surface area is 171 Å². The molecule has 0 fully saturated rings. The van der Waals surface area contributed by atoms with Gasteiger partial charge in [0.25, 0.3) is 0 Å². The van der Waals surface area contributed by atoms with Gasteiger partial charge in [-0.05, 0) is 31.0 Å². The van der Waals surface area contributed by atoms with Crippen LogP contribution in [0.2, 0.25) is 0 Å². The molecule has 1 aliphatic heterocycles. The Hall–Kier alpha value is -3.95. The van der Waals surface area contributed by atoms with Crippen molar-refractivity contribution in [2.75, 3.05) is 23.7 Å². The summed E-state index contributed by atoms with van der Waals surface area (Å²) in [6.45, 7) is 1.28. The van der Waals surface area contributed by atoms with Crippen molar-refractivity contribution >= 4 is 34.5 Å². The fourth-order valence-electron chi connectivity index (χ4n) is 3.30. The number of guanidine groups is 1. The van der Waals surface area contributed by atoms with E-state index in [4.69, 9.17) is 21.6 Å². The van der Waals surface area contributed by atoms with Gasteiger partial charge >= 0.3 is 5.91 Å². The van der Waals surface area contributed by atoms with E-state index >= 15 is 0 Å². The number of carbonyl (C=O) groups is 1. The number of hydrogen-bond acceptors (Lipinski definition) is 6. The molecule has 1 aliphatic rings. The molecule has 154 valence electrons. The van der Waals surface area contributed by atoms with E-state index in [9.17, 15) is 9.18 Å². The molecule has 4 rings (SSSR count). The first-order chi connectivity index (χ1) is 14.4. The summed E-state index contributed by atoms with van der Waals surface area (Å²) in [5, 5.41) is 0.296. The van der Waals surface area contributed by atoms with E-state index in [0.717, 1.165) is 12.8 Å². The van der Waals surface area contributed by atoms with Crippen molar-refractivity contribution in [2.45, 2.75) is 12.8 Å². The molecule has 2 aromatic heterocycles. The molecule has 3 aromatic rings. The van der Waals surface area contributed by atoms with Crippen molar-refractivity contribution < 1.29 is 13.6 Å². The molecule has 0 unspecified atom stereocenters. The SMILES string of the molecule is NC(N)=NC(=O)c1nc(-c2cc3c(F)cccc3o2)c(N2CC=CCCC2)nc1N. The zero-order valence-corrected chi connectivity index (χ0v) is 16.0. The Morgan fingerprint density at radius 1 is 1.23 bits per heavy atom. The summed E-state index contributed by atoms with van der Waals surface area (Å²) in [5.74, 6) is -1.10. The standard InChI is InChI=1S/C20H20FN7O2/c21-12-6-5-7-13-11(12)10-14(30-13)15-18(28-8-3-1-2-4-9-28)26-17(22)16(25-15)19(29)27-20(23)24/h1,3,5-7,10H,2,4,8-9H2,(H2,22,26)(H4,23,24,27,29). The smallest absolute Gasteiger partial charge is 0.302 e. The second-order valence-electron chi connectivity index (χ2n) is 6.79. The van der Waals surface area contributed by atoms with Crippen LogP contribution >= 0.6 is 0 Å². The van der Waals surface area contributed by atoms with E-state index in [1.165, 1.54) is 12.1 Å². The van der Waals surface area contributed by atoms with Crippen molar-refractivity contribution in [3.8, 4) is 11.5 Å². The van der Waals surface area contributed by atoms with Gasteiger partial charge < -0.3 is 26.5 Å². The molecule has 0 saturated carbocycles. The highest BCUT2D eigenvalue weighted by atomic mass is 19.1. The second kappa shape index (κ2) is 7.82. The summed E-state index contributed by atoms with van der Waals surface area (Å²) < 4.78 is 20.0. The molecule has 0 radical (unpaired) electrons. The number of benzene rings is 1. The number of carbonyl (C=O) groups excluding carboxylic acids is 1. The molecule has 0 atom stereocenters. The minimum Gasteiger partial charge on any atom is -0.454 e. The van der Waals surface area contributed by atoms with E-state index in [-0.39, 0.29) is 23.0 Å². The molecule has 0 spiro atoms. The molecule has 6 N–H and O–H groups in total. The average molecular weight is 409 g/mol. The van der Waals surface area contributed by atoms with E-state index in [2.05, 4.69) is 21.0 Å². The molecule has 9 nitrogen and oxygen atoms in total.